The number of nitrogens with zero attached hydrogens (tertiary/aromatic N) is 1. The molecule has 0 bridgehead atoms. The molecule has 0 N–H and O–H groups in total. The first-order valence-electron chi connectivity index (χ1n) is 5.31. The summed E-state index contributed by atoms with van der Waals surface area (Å²) < 4.78 is 29.7. The zero-order valence-electron chi connectivity index (χ0n) is 10.7. The quantitative estimate of drug-likeness (QED) is 0.431. The van der Waals surface area contributed by atoms with Gasteiger partial charge in [0.15, 0.2) is 0 Å². The third-order valence-electron chi connectivity index (χ3n) is 1.70. The maximum atomic E-state index is 11.4. The zero-order chi connectivity index (χ0) is 13.9. The fourth-order valence-electron chi connectivity index (χ4n) is 1.05. The van der Waals surface area contributed by atoms with Crippen molar-refractivity contribution in [3.63, 3.8) is 0 Å². The Morgan fingerprint density at radius 3 is 2.87 bits per heavy atom. The van der Waals surface area contributed by atoms with Crippen LogP contribution in [0.25, 0.3) is 0 Å². The van der Waals surface area contributed by atoms with Gasteiger partial charge >= 0.3 is 11.7 Å². The van der Waals surface area contributed by atoms with Gasteiger partial charge in [-0.15, -0.1) is 0 Å². The lowest BCUT2D eigenvalue weighted by Crippen LogP contribution is -2.05. The predicted molar refractivity (Wildman–Crippen MR) is 51.0 cm³/mol. The summed E-state index contributed by atoms with van der Waals surface area (Å²) in [5, 5.41) is 10.8. The number of para-hydroxylation sites is 1. The molecule has 0 aliphatic rings. The fraction of sp³-hybridized carbons (Fsp3) is 0.222. The summed E-state index contributed by atoms with van der Waals surface area (Å²) >= 11 is 0. The zero-order valence-corrected chi connectivity index (χ0v) is 7.72. The third kappa shape index (κ3) is 2.04. The van der Waals surface area contributed by atoms with Gasteiger partial charge in [0.05, 0.1) is 23.2 Å². The fourth-order valence-corrected chi connectivity index (χ4v) is 1.05. The number of rotatable bonds is 3. The average molecular weight is 214 g/mol. The molecule has 0 unspecified atom stereocenters. The van der Waals surface area contributed by atoms with E-state index in [0.717, 1.165) is 13.2 Å². The molecule has 80 valence electrons. The Balaban J connectivity index is 3.39. The van der Waals surface area contributed by atoms with E-state index in [4.69, 9.17) is 4.11 Å². The highest BCUT2D eigenvalue weighted by Crippen LogP contribution is 2.30. The van der Waals surface area contributed by atoms with Crippen LogP contribution >= 0.6 is 0 Å². The molecule has 0 aromatic heterocycles. The van der Waals surface area contributed by atoms with Crippen molar-refractivity contribution in [3.05, 3.63) is 33.9 Å². The van der Waals surface area contributed by atoms with Gasteiger partial charge in [0.25, 0.3) is 0 Å². The Hall–Kier alpha value is -2.11. The molecule has 6 heteroatoms. The van der Waals surface area contributed by atoms with Gasteiger partial charge in [-0.05, 0) is 6.07 Å². The van der Waals surface area contributed by atoms with E-state index >= 15 is 0 Å². The highest BCUT2D eigenvalue weighted by molar-refractivity contribution is 5.94. The van der Waals surface area contributed by atoms with E-state index < -0.39 is 29.4 Å². The van der Waals surface area contributed by atoms with Crippen molar-refractivity contribution < 1.29 is 23.3 Å². The smallest absolute Gasteiger partial charge is 0.341 e. The molecule has 0 fully saturated rings. The van der Waals surface area contributed by atoms with Crippen LogP contribution in [-0.2, 0) is 4.74 Å². The minimum absolute atomic E-state index is 0.317. The highest BCUT2D eigenvalue weighted by Gasteiger charge is 2.22. The molecule has 0 saturated carbocycles. The minimum Gasteiger partial charge on any atom is -0.490 e. The summed E-state index contributed by atoms with van der Waals surface area (Å²) in [5.41, 5.74) is -0.933. The largest absolute Gasteiger partial charge is 0.490 e. The Morgan fingerprint density at radius 2 is 2.33 bits per heavy atom. The molecule has 0 aliphatic carbocycles. The monoisotopic (exact) mass is 214 g/mol. The molecule has 0 atom stereocenters. The van der Waals surface area contributed by atoms with Gasteiger partial charge in [0.2, 0.25) is 5.75 Å². The first-order chi connectivity index (χ1) is 8.26. The Labute approximate surface area is 89.8 Å². The molecule has 0 spiro atoms. The number of hydrogen-bond donors (Lipinski definition) is 0. The Morgan fingerprint density at radius 1 is 1.60 bits per heavy atom. The Kier molecular flexibility index (Phi) is 2.12. The lowest BCUT2D eigenvalue weighted by molar-refractivity contribution is -0.385. The van der Waals surface area contributed by atoms with Crippen molar-refractivity contribution in [1.29, 1.82) is 0 Å². The maximum Gasteiger partial charge on any atom is 0.341 e. The summed E-state index contributed by atoms with van der Waals surface area (Å²) in [6.07, 6.45) is 0. The molecule has 1 rings (SSSR count). The molecule has 0 saturated heterocycles. The van der Waals surface area contributed by atoms with Gasteiger partial charge < -0.3 is 9.47 Å². The summed E-state index contributed by atoms with van der Waals surface area (Å²) in [7, 11) is -1.84. The van der Waals surface area contributed by atoms with Crippen molar-refractivity contribution in [2.75, 3.05) is 14.1 Å². The minimum atomic E-state index is -2.91. The molecule has 0 heterocycles. The van der Waals surface area contributed by atoms with Crippen LogP contribution < -0.4 is 4.74 Å². The number of benzene rings is 1. The van der Waals surface area contributed by atoms with Crippen molar-refractivity contribution in [1.82, 2.24) is 0 Å². The van der Waals surface area contributed by atoms with Gasteiger partial charge in [-0.2, -0.15) is 0 Å². The van der Waals surface area contributed by atoms with E-state index in [0.29, 0.717) is 0 Å². The standard InChI is InChI=1S/C9H9NO5/c1-14-8-6(9(11)15-2)4-3-5-7(8)10(12)13/h3-5H,1-2H3/i1D3. The molecule has 0 amide bonds. The number of esters is 1. The summed E-state index contributed by atoms with van der Waals surface area (Å²) in [5.74, 6) is -1.55. The van der Waals surface area contributed by atoms with Gasteiger partial charge in [0.1, 0.15) is 5.56 Å². The third-order valence-corrected chi connectivity index (χ3v) is 1.70. The van der Waals surface area contributed by atoms with E-state index in [1.807, 2.05) is 0 Å². The first-order valence-corrected chi connectivity index (χ1v) is 3.81. The van der Waals surface area contributed by atoms with Crippen molar-refractivity contribution in [2.45, 2.75) is 0 Å². The topological polar surface area (TPSA) is 78.7 Å². The molecule has 0 aliphatic heterocycles. The molecule has 15 heavy (non-hydrogen) atoms. The number of ether oxygens (including phenoxy) is 2. The highest BCUT2D eigenvalue weighted by atomic mass is 16.6. The van der Waals surface area contributed by atoms with Crippen LogP contribution in [0.4, 0.5) is 5.69 Å². The second-order valence-electron chi connectivity index (χ2n) is 2.50. The summed E-state index contributed by atoms with van der Waals surface area (Å²) in [6, 6.07) is 3.45. The van der Waals surface area contributed by atoms with Gasteiger partial charge in [-0.1, -0.05) is 6.07 Å². The number of nitro benzene ring substituents is 1. The van der Waals surface area contributed by atoms with Crippen LogP contribution in [0.3, 0.4) is 0 Å². The van der Waals surface area contributed by atoms with Crippen molar-refractivity contribution in [2.24, 2.45) is 0 Å². The molecule has 6 nitrogen and oxygen atoms in total. The SMILES string of the molecule is [2H]C([2H])([2H])Oc1c(C(=O)OC)cccc1[N+](=O)[O-]. The lowest BCUT2D eigenvalue weighted by atomic mass is 10.2. The maximum absolute atomic E-state index is 11.4. The summed E-state index contributed by atoms with van der Waals surface area (Å²) in [4.78, 5) is 21.3. The summed E-state index contributed by atoms with van der Waals surface area (Å²) in [6.45, 7) is 0. The second-order valence-corrected chi connectivity index (χ2v) is 2.50. The number of methoxy groups -OCH3 is 2. The van der Waals surface area contributed by atoms with E-state index in [9.17, 15) is 14.9 Å². The van der Waals surface area contributed by atoms with Crippen LogP contribution in [0.2, 0.25) is 0 Å². The van der Waals surface area contributed by atoms with Gasteiger partial charge in [-0.3, -0.25) is 10.1 Å². The van der Waals surface area contributed by atoms with Crippen LogP contribution in [0, 0.1) is 10.1 Å². The second kappa shape index (κ2) is 4.41. The van der Waals surface area contributed by atoms with Crippen molar-refractivity contribution >= 4 is 11.7 Å². The number of carbonyl (C=O) groups excluding carboxylic acids is 1. The van der Waals surface area contributed by atoms with Gasteiger partial charge in [0, 0.05) is 6.07 Å². The molecule has 1 aromatic carbocycles. The molecule has 0 radical (unpaired) electrons. The number of carbonyl (C=O) groups is 1. The first kappa shape index (κ1) is 7.22. The van der Waals surface area contributed by atoms with Crippen LogP contribution in [-0.4, -0.2) is 25.0 Å². The van der Waals surface area contributed by atoms with E-state index in [1.54, 1.807) is 0 Å². The van der Waals surface area contributed by atoms with E-state index in [-0.39, 0.29) is 5.56 Å². The molecular formula is C9H9NO5. The Bertz CT molecular complexity index is 486. The number of nitro groups is 1. The normalized spacial score (nSPS) is 13.3. The lowest BCUT2D eigenvalue weighted by Gasteiger charge is -2.06. The van der Waals surface area contributed by atoms with E-state index in [1.165, 1.54) is 12.1 Å². The number of hydrogen-bond acceptors (Lipinski definition) is 5. The average Bonchev–Trinajstić information content (AvgIpc) is 2.25. The predicted octanol–water partition coefficient (Wildman–Crippen LogP) is 1.39. The van der Waals surface area contributed by atoms with Crippen LogP contribution in [0.15, 0.2) is 18.2 Å². The molecule has 1 aromatic rings. The van der Waals surface area contributed by atoms with Crippen LogP contribution in [0.1, 0.15) is 14.5 Å². The van der Waals surface area contributed by atoms with E-state index in [2.05, 4.69) is 9.47 Å². The van der Waals surface area contributed by atoms with Gasteiger partial charge in [-0.25, -0.2) is 4.79 Å². The van der Waals surface area contributed by atoms with Crippen LogP contribution in [0.5, 0.6) is 5.75 Å². The molecular weight excluding hydrogens is 202 g/mol. The van der Waals surface area contributed by atoms with Crippen molar-refractivity contribution in [3.8, 4) is 5.75 Å².